The fourth-order valence-electron chi connectivity index (χ4n) is 1.52. The highest BCUT2D eigenvalue weighted by atomic mass is 32.1. The van der Waals surface area contributed by atoms with Gasteiger partial charge in [0.25, 0.3) is 0 Å². The molecule has 0 bridgehead atoms. The minimum absolute atomic E-state index is 0.102. The smallest absolute Gasteiger partial charge is 0.407 e. The highest BCUT2D eigenvalue weighted by Gasteiger charge is 2.06. The Balaban J connectivity index is 1.97. The van der Waals surface area contributed by atoms with Crippen LogP contribution in [0.2, 0.25) is 0 Å². The topological polar surface area (TPSA) is 38.3 Å². The normalized spacial score (nSPS) is 10.8. The number of hydrogen-bond donors (Lipinski definition) is 1. The molecule has 0 atom stereocenters. The number of benzene rings is 1. The number of thiophene rings is 1. The molecule has 0 saturated carbocycles. The van der Waals surface area contributed by atoms with Crippen LogP contribution in [0.15, 0.2) is 30.3 Å². The van der Waals surface area contributed by atoms with E-state index in [4.69, 9.17) is 4.74 Å². The Morgan fingerprint density at radius 2 is 2.18 bits per heavy atom. The van der Waals surface area contributed by atoms with Crippen LogP contribution in [0.5, 0.6) is 0 Å². The molecule has 2 rings (SSSR count). The third-order valence-corrected chi connectivity index (χ3v) is 3.32. The first-order chi connectivity index (χ1) is 8.15. The SMILES string of the molecule is CC(C)NC(=O)OCc1cc2ccccc2s1. The lowest BCUT2D eigenvalue weighted by Gasteiger charge is -2.08. The number of hydrogen-bond acceptors (Lipinski definition) is 3. The Labute approximate surface area is 104 Å². The first kappa shape index (κ1) is 11.9. The van der Waals surface area contributed by atoms with Gasteiger partial charge in [0, 0.05) is 15.6 Å². The van der Waals surface area contributed by atoms with Gasteiger partial charge < -0.3 is 10.1 Å². The van der Waals surface area contributed by atoms with E-state index in [0.717, 1.165) is 4.88 Å². The third kappa shape index (κ3) is 3.20. The van der Waals surface area contributed by atoms with Gasteiger partial charge in [-0.2, -0.15) is 0 Å². The van der Waals surface area contributed by atoms with Crippen LogP contribution in [0.25, 0.3) is 10.1 Å². The lowest BCUT2D eigenvalue weighted by atomic mass is 10.2. The quantitative estimate of drug-likeness (QED) is 0.903. The molecule has 1 heterocycles. The van der Waals surface area contributed by atoms with Crippen molar-refractivity contribution in [2.24, 2.45) is 0 Å². The average Bonchev–Trinajstić information content (AvgIpc) is 2.68. The zero-order valence-electron chi connectivity index (χ0n) is 9.90. The number of nitrogens with one attached hydrogen (secondary N) is 1. The van der Waals surface area contributed by atoms with Crippen molar-refractivity contribution in [1.29, 1.82) is 0 Å². The first-order valence-corrected chi connectivity index (χ1v) is 6.37. The zero-order valence-corrected chi connectivity index (χ0v) is 10.7. The van der Waals surface area contributed by atoms with Gasteiger partial charge in [-0.3, -0.25) is 0 Å². The Morgan fingerprint density at radius 3 is 2.88 bits per heavy atom. The number of rotatable bonds is 3. The van der Waals surface area contributed by atoms with Crippen LogP contribution in [-0.4, -0.2) is 12.1 Å². The maximum Gasteiger partial charge on any atom is 0.407 e. The van der Waals surface area contributed by atoms with Crippen LogP contribution in [0, 0.1) is 0 Å². The van der Waals surface area contributed by atoms with Gasteiger partial charge in [-0.05, 0) is 31.4 Å². The molecule has 3 nitrogen and oxygen atoms in total. The van der Waals surface area contributed by atoms with Crippen LogP contribution in [-0.2, 0) is 11.3 Å². The predicted octanol–water partition coefficient (Wildman–Crippen LogP) is 3.54. The molecule has 2 aromatic rings. The lowest BCUT2D eigenvalue weighted by molar-refractivity contribution is 0.138. The summed E-state index contributed by atoms with van der Waals surface area (Å²) in [6, 6.07) is 10.3. The van der Waals surface area contributed by atoms with Crippen LogP contribution < -0.4 is 5.32 Å². The van der Waals surface area contributed by atoms with Gasteiger partial charge in [0.1, 0.15) is 6.61 Å². The van der Waals surface area contributed by atoms with E-state index < -0.39 is 0 Å². The van der Waals surface area contributed by atoms with E-state index in [0.29, 0.717) is 6.61 Å². The summed E-state index contributed by atoms with van der Waals surface area (Å²) < 4.78 is 6.35. The van der Waals surface area contributed by atoms with E-state index in [1.807, 2.05) is 26.0 Å². The van der Waals surface area contributed by atoms with Crippen molar-refractivity contribution >= 4 is 27.5 Å². The molecule has 0 saturated heterocycles. The molecule has 0 unspecified atom stereocenters. The van der Waals surface area contributed by atoms with Gasteiger partial charge in [0.15, 0.2) is 0 Å². The van der Waals surface area contributed by atoms with E-state index in [1.165, 1.54) is 10.1 Å². The Bertz CT molecular complexity index is 486. The number of alkyl carbamates (subject to hydrolysis) is 1. The molecule has 0 aliphatic rings. The minimum atomic E-state index is -0.363. The van der Waals surface area contributed by atoms with Gasteiger partial charge in [-0.15, -0.1) is 11.3 Å². The minimum Gasteiger partial charge on any atom is -0.444 e. The van der Waals surface area contributed by atoms with E-state index >= 15 is 0 Å². The number of fused-ring (bicyclic) bond motifs is 1. The van der Waals surface area contributed by atoms with Crippen molar-refractivity contribution in [1.82, 2.24) is 5.32 Å². The third-order valence-electron chi connectivity index (χ3n) is 2.23. The summed E-state index contributed by atoms with van der Waals surface area (Å²) in [5, 5.41) is 3.89. The molecule has 4 heteroatoms. The van der Waals surface area contributed by atoms with Crippen LogP contribution in [0.4, 0.5) is 4.79 Å². The molecule has 1 N–H and O–H groups in total. The lowest BCUT2D eigenvalue weighted by Crippen LogP contribution is -2.30. The fraction of sp³-hybridized carbons (Fsp3) is 0.308. The zero-order chi connectivity index (χ0) is 12.3. The van der Waals surface area contributed by atoms with Crippen molar-refractivity contribution in [3.8, 4) is 0 Å². The standard InChI is InChI=1S/C13H15NO2S/c1-9(2)14-13(15)16-8-11-7-10-5-3-4-6-12(10)17-11/h3-7,9H,8H2,1-2H3,(H,14,15). The highest BCUT2D eigenvalue weighted by molar-refractivity contribution is 7.19. The second-order valence-electron chi connectivity index (χ2n) is 4.13. The maximum absolute atomic E-state index is 11.3. The second-order valence-corrected chi connectivity index (χ2v) is 5.29. The summed E-state index contributed by atoms with van der Waals surface area (Å²) in [5.41, 5.74) is 0. The molecule has 0 aliphatic carbocycles. The molecule has 1 aromatic heterocycles. The Hall–Kier alpha value is -1.55. The molecule has 0 radical (unpaired) electrons. The van der Waals surface area contributed by atoms with Gasteiger partial charge in [-0.1, -0.05) is 18.2 Å². The molecule has 90 valence electrons. The summed E-state index contributed by atoms with van der Waals surface area (Å²) in [7, 11) is 0. The fourth-order valence-corrected chi connectivity index (χ4v) is 2.50. The predicted molar refractivity (Wildman–Crippen MR) is 70.3 cm³/mol. The summed E-state index contributed by atoms with van der Waals surface area (Å²) in [4.78, 5) is 12.4. The average molecular weight is 249 g/mol. The molecular formula is C13H15NO2S. The number of carbonyl (C=O) groups excluding carboxylic acids is 1. The highest BCUT2D eigenvalue weighted by Crippen LogP contribution is 2.25. The Kier molecular flexibility index (Phi) is 3.64. The van der Waals surface area contributed by atoms with E-state index in [2.05, 4.69) is 23.5 Å². The van der Waals surface area contributed by atoms with Gasteiger partial charge in [0.2, 0.25) is 0 Å². The molecule has 0 aliphatic heterocycles. The van der Waals surface area contributed by atoms with Gasteiger partial charge >= 0.3 is 6.09 Å². The number of ether oxygens (including phenoxy) is 1. The number of amides is 1. The summed E-state index contributed by atoms with van der Waals surface area (Å²) in [5.74, 6) is 0. The van der Waals surface area contributed by atoms with Crippen molar-refractivity contribution in [3.63, 3.8) is 0 Å². The van der Waals surface area contributed by atoms with Gasteiger partial charge in [0.05, 0.1) is 0 Å². The molecule has 0 fully saturated rings. The van der Waals surface area contributed by atoms with Crippen molar-refractivity contribution in [2.75, 3.05) is 0 Å². The largest absolute Gasteiger partial charge is 0.444 e. The number of carbonyl (C=O) groups is 1. The van der Waals surface area contributed by atoms with Crippen LogP contribution in [0.1, 0.15) is 18.7 Å². The summed E-state index contributed by atoms with van der Waals surface area (Å²) in [6.07, 6.45) is -0.363. The summed E-state index contributed by atoms with van der Waals surface area (Å²) in [6.45, 7) is 4.14. The summed E-state index contributed by atoms with van der Waals surface area (Å²) >= 11 is 1.65. The maximum atomic E-state index is 11.3. The van der Waals surface area contributed by atoms with Crippen LogP contribution in [0.3, 0.4) is 0 Å². The van der Waals surface area contributed by atoms with Crippen LogP contribution >= 0.6 is 11.3 Å². The van der Waals surface area contributed by atoms with Gasteiger partial charge in [-0.25, -0.2) is 4.79 Å². The van der Waals surface area contributed by atoms with E-state index in [9.17, 15) is 4.79 Å². The molecule has 17 heavy (non-hydrogen) atoms. The van der Waals surface area contributed by atoms with Crippen molar-refractivity contribution in [2.45, 2.75) is 26.5 Å². The van der Waals surface area contributed by atoms with E-state index in [-0.39, 0.29) is 12.1 Å². The Morgan fingerprint density at radius 1 is 1.41 bits per heavy atom. The van der Waals surface area contributed by atoms with Crippen molar-refractivity contribution < 1.29 is 9.53 Å². The molecule has 1 amide bonds. The molecule has 1 aromatic carbocycles. The molecular weight excluding hydrogens is 234 g/mol. The van der Waals surface area contributed by atoms with Crippen molar-refractivity contribution in [3.05, 3.63) is 35.2 Å². The van der Waals surface area contributed by atoms with E-state index in [1.54, 1.807) is 11.3 Å². The molecule has 0 spiro atoms. The second kappa shape index (κ2) is 5.19. The first-order valence-electron chi connectivity index (χ1n) is 5.56. The monoisotopic (exact) mass is 249 g/mol.